The Labute approximate surface area is 78.6 Å². The Bertz CT molecular complexity index is 180. The second-order valence-corrected chi connectivity index (χ2v) is 2.84. The number of esters is 1. The van der Waals surface area contributed by atoms with Crippen molar-refractivity contribution < 1.29 is 14.6 Å². The van der Waals surface area contributed by atoms with E-state index in [1.807, 2.05) is 6.92 Å². The average Bonchev–Trinajstić information content (AvgIpc) is 2.10. The van der Waals surface area contributed by atoms with E-state index in [0.29, 0.717) is 12.1 Å². The van der Waals surface area contributed by atoms with E-state index < -0.39 is 12.1 Å². The third kappa shape index (κ3) is 6.31. The first-order valence-electron chi connectivity index (χ1n) is 4.29. The zero-order valence-corrected chi connectivity index (χ0v) is 8.17. The summed E-state index contributed by atoms with van der Waals surface area (Å²) in [6.07, 6.45) is -0.650. The maximum absolute atomic E-state index is 10.9. The highest BCUT2D eigenvalue weighted by atomic mass is 16.5. The lowest BCUT2D eigenvalue weighted by Gasteiger charge is -2.11. The van der Waals surface area contributed by atoms with Crippen LogP contribution in [0.5, 0.6) is 0 Å². The number of carbonyl (C=O) groups is 1. The molecule has 0 saturated carbocycles. The molecule has 1 atom stereocenters. The molecule has 2 N–H and O–H groups in total. The number of ether oxygens (including phenoxy) is 1. The Morgan fingerprint density at radius 2 is 2.31 bits per heavy atom. The summed E-state index contributed by atoms with van der Waals surface area (Å²) < 4.78 is 4.73. The first kappa shape index (κ1) is 12.1. The fourth-order valence-electron chi connectivity index (χ4n) is 0.665. The molecule has 0 amide bonds. The minimum Gasteiger partial charge on any atom is -0.460 e. The fourth-order valence-corrected chi connectivity index (χ4v) is 0.665. The van der Waals surface area contributed by atoms with Crippen LogP contribution in [0.2, 0.25) is 0 Å². The first-order chi connectivity index (χ1) is 6.07. The van der Waals surface area contributed by atoms with Crippen molar-refractivity contribution in [2.45, 2.75) is 20.0 Å². The third-order valence-electron chi connectivity index (χ3n) is 1.39. The molecule has 0 aliphatic heterocycles. The van der Waals surface area contributed by atoms with Crippen molar-refractivity contribution in [1.82, 2.24) is 5.32 Å². The monoisotopic (exact) mass is 187 g/mol. The second-order valence-electron chi connectivity index (χ2n) is 2.84. The molecule has 0 spiro atoms. The summed E-state index contributed by atoms with van der Waals surface area (Å²) in [5.74, 6) is -0.462. The molecule has 1 unspecified atom stereocenters. The van der Waals surface area contributed by atoms with Gasteiger partial charge < -0.3 is 15.2 Å². The molecule has 0 radical (unpaired) electrons. The Kier molecular flexibility index (Phi) is 6.18. The van der Waals surface area contributed by atoms with E-state index >= 15 is 0 Å². The molecule has 0 fully saturated rings. The maximum atomic E-state index is 10.9. The van der Waals surface area contributed by atoms with Gasteiger partial charge >= 0.3 is 5.97 Å². The number of likely N-dealkylation sites (N-methyl/N-ethyl adjacent to an activating group) is 1. The van der Waals surface area contributed by atoms with E-state index in [1.54, 1.807) is 6.92 Å². The van der Waals surface area contributed by atoms with E-state index in [9.17, 15) is 9.90 Å². The number of rotatable bonds is 6. The Morgan fingerprint density at radius 3 is 2.77 bits per heavy atom. The van der Waals surface area contributed by atoms with Gasteiger partial charge in [-0.05, 0) is 13.5 Å². The fraction of sp³-hybridized carbons (Fsp3) is 0.667. The van der Waals surface area contributed by atoms with Gasteiger partial charge in [0, 0.05) is 12.1 Å². The Balaban J connectivity index is 3.51. The van der Waals surface area contributed by atoms with E-state index in [1.165, 1.54) is 0 Å². The average molecular weight is 187 g/mol. The van der Waals surface area contributed by atoms with Crippen molar-refractivity contribution in [3.8, 4) is 0 Å². The summed E-state index contributed by atoms with van der Waals surface area (Å²) in [4.78, 5) is 10.9. The summed E-state index contributed by atoms with van der Waals surface area (Å²) in [6.45, 7) is 8.16. The smallest absolute Gasteiger partial charge is 0.333 e. The van der Waals surface area contributed by atoms with Crippen LogP contribution in [0.15, 0.2) is 12.2 Å². The van der Waals surface area contributed by atoms with Crippen LogP contribution in [-0.4, -0.2) is 36.9 Å². The predicted octanol–water partition coefficient (Wildman–Crippen LogP) is 0.0761. The van der Waals surface area contributed by atoms with Gasteiger partial charge in [0.05, 0.1) is 0 Å². The number of nitrogens with one attached hydrogen (secondary N) is 1. The van der Waals surface area contributed by atoms with Gasteiger partial charge in [0.25, 0.3) is 0 Å². The number of aliphatic hydroxyl groups excluding tert-OH is 1. The van der Waals surface area contributed by atoms with Crippen LogP contribution in [0.25, 0.3) is 0 Å². The van der Waals surface area contributed by atoms with Crippen LogP contribution in [-0.2, 0) is 9.53 Å². The van der Waals surface area contributed by atoms with E-state index in [4.69, 9.17) is 4.74 Å². The minimum absolute atomic E-state index is 0.0126. The van der Waals surface area contributed by atoms with Crippen LogP contribution >= 0.6 is 0 Å². The van der Waals surface area contributed by atoms with Gasteiger partial charge in [0.1, 0.15) is 12.7 Å². The highest BCUT2D eigenvalue weighted by Gasteiger charge is 2.07. The molecule has 0 rings (SSSR count). The first-order valence-corrected chi connectivity index (χ1v) is 4.29. The lowest BCUT2D eigenvalue weighted by molar-refractivity contribution is -0.141. The molecule has 0 aliphatic carbocycles. The van der Waals surface area contributed by atoms with E-state index in [-0.39, 0.29) is 6.61 Å². The molecule has 0 heterocycles. The third-order valence-corrected chi connectivity index (χ3v) is 1.39. The SMILES string of the molecule is C=C(C)C(=O)OCC(O)CNCC. The lowest BCUT2D eigenvalue weighted by atomic mass is 10.3. The molecule has 0 aromatic heterocycles. The maximum Gasteiger partial charge on any atom is 0.333 e. The van der Waals surface area contributed by atoms with Crippen molar-refractivity contribution in [1.29, 1.82) is 0 Å². The number of aliphatic hydroxyl groups is 1. The molecule has 0 aliphatic rings. The molecule has 76 valence electrons. The summed E-state index contributed by atoms with van der Waals surface area (Å²) >= 11 is 0. The van der Waals surface area contributed by atoms with E-state index in [2.05, 4.69) is 11.9 Å². The number of hydrogen-bond donors (Lipinski definition) is 2. The zero-order chi connectivity index (χ0) is 10.3. The topological polar surface area (TPSA) is 58.6 Å². The van der Waals surface area contributed by atoms with Crippen LogP contribution in [0.1, 0.15) is 13.8 Å². The summed E-state index contributed by atoms with van der Waals surface area (Å²) in [5, 5.41) is 12.2. The molecule has 0 aromatic rings. The van der Waals surface area contributed by atoms with Crippen LogP contribution in [0, 0.1) is 0 Å². The standard InChI is InChI=1S/C9H17NO3/c1-4-10-5-8(11)6-13-9(12)7(2)3/h8,10-11H,2,4-6H2,1,3H3. The summed E-state index contributed by atoms with van der Waals surface area (Å²) in [5.41, 5.74) is 0.343. The second kappa shape index (κ2) is 6.62. The van der Waals surface area contributed by atoms with Crippen LogP contribution in [0.4, 0.5) is 0 Å². The van der Waals surface area contributed by atoms with Gasteiger partial charge in [0.2, 0.25) is 0 Å². The zero-order valence-electron chi connectivity index (χ0n) is 8.17. The summed E-state index contributed by atoms with van der Waals surface area (Å²) in [7, 11) is 0. The van der Waals surface area contributed by atoms with Crippen molar-refractivity contribution in [3.05, 3.63) is 12.2 Å². The van der Waals surface area contributed by atoms with Gasteiger partial charge in [-0.2, -0.15) is 0 Å². The number of hydrogen-bond acceptors (Lipinski definition) is 4. The van der Waals surface area contributed by atoms with Gasteiger partial charge in [-0.3, -0.25) is 0 Å². The predicted molar refractivity (Wildman–Crippen MR) is 50.3 cm³/mol. The van der Waals surface area contributed by atoms with Crippen LogP contribution < -0.4 is 5.32 Å². The number of carbonyl (C=O) groups excluding carboxylic acids is 1. The molecule has 0 saturated heterocycles. The normalized spacial score (nSPS) is 12.2. The van der Waals surface area contributed by atoms with Crippen molar-refractivity contribution >= 4 is 5.97 Å². The highest BCUT2D eigenvalue weighted by molar-refractivity contribution is 5.86. The van der Waals surface area contributed by atoms with Crippen LogP contribution in [0.3, 0.4) is 0 Å². The van der Waals surface area contributed by atoms with Gasteiger partial charge in [0.15, 0.2) is 0 Å². The quantitative estimate of drug-likeness (QED) is 0.456. The summed E-state index contributed by atoms with van der Waals surface area (Å²) in [6, 6.07) is 0. The molecule has 0 bridgehead atoms. The van der Waals surface area contributed by atoms with E-state index in [0.717, 1.165) is 6.54 Å². The van der Waals surface area contributed by atoms with Gasteiger partial charge in [-0.25, -0.2) is 4.79 Å². The highest BCUT2D eigenvalue weighted by Crippen LogP contribution is 1.93. The molecule has 4 nitrogen and oxygen atoms in total. The molecule has 13 heavy (non-hydrogen) atoms. The van der Waals surface area contributed by atoms with Gasteiger partial charge in [-0.15, -0.1) is 0 Å². The lowest BCUT2D eigenvalue weighted by Crippen LogP contribution is -2.31. The molecule has 4 heteroatoms. The molecular weight excluding hydrogens is 170 g/mol. The minimum atomic E-state index is -0.650. The van der Waals surface area contributed by atoms with Crippen molar-refractivity contribution in [2.75, 3.05) is 19.7 Å². The molecule has 0 aromatic carbocycles. The Morgan fingerprint density at radius 1 is 1.69 bits per heavy atom. The van der Waals surface area contributed by atoms with Gasteiger partial charge in [-0.1, -0.05) is 13.5 Å². The largest absolute Gasteiger partial charge is 0.460 e. The van der Waals surface area contributed by atoms with Crippen molar-refractivity contribution in [2.24, 2.45) is 0 Å². The Hall–Kier alpha value is -0.870. The van der Waals surface area contributed by atoms with Crippen molar-refractivity contribution in [3.63, 3.8) is 0 Å². The molecular formula is C9H17NO3.